The topological polar surface area (TPSA) is 50.4 Å². The molecule has 0 spiro atoms. The van der Waals surface area contributed by atoms with Crippen LogP contribution in [0.1, 0.15) is 12.8 Å². The maximum atomic E-state index is 12.1. The van der Waals surface area contributed by atoms with E-state index in [-0.39, 0.29) is 11.7 Å². The Morgan fingerprint density at radius 2 is 1.94 bits per heavy atom. The molecule has 1 aliphatic carbocycles. The van der Waals surface area contributed by atoms with Crippen LogP contribution in [0.5, 0.6) is 5.75 Å². The maximum absolute atomic E-state index is 12.1. The predicted octanol–water partition coefficient (Wildman–Crippen LogP) is 2.87. The number of rotatable bonds is 3. The largest absolute Gasteiger partial charge is 0.573 e. The molecule has 1 aliphatic rings. The Hall–Kier alpha value is -1.92. The Morgan fingerprint density at radius 3 is 2.56 bits per heavy atom. The molecule has 18 heavy (non-hydrogen) atoms. The van der Waals surface area contributed by atoms with Crippen molar-refractivity contribution in [3.8, 4) is 5.75 Å². The minimum absolute atomic E-state index is 0.0204. The highest BCUT2D eigenvalue weighted by Crippen LogP contribution is 2.30. The van der Waals surface area contributed by atoms with Crippen LogP contribution in [0.25, 0.3) is 0 Å². The summed E-state index contributed by atoms with van der Waals surface area (Å²) in [5.74, 6) is -0.434. The molecule has 2 N–H and O–H groups in total. The number of benzene rings is 1. The maximum Gasteiger partial charge on any atom is 0.573 e. The first-order valence-electron chi connectivity index (χ1n) is 5.36. The zero-order chi connectivity index (χ0) is 13.2. The molecule has 0 heterocycles. The molecule has 0 bridgehead atoms. The molecule has 7 heteroatoms. The first-order chi connectivity index (χ1) is 8.44. The van der Waals surface area contributed by atoms with Gasteiger partial charge in [-0.25, -0.2) is 4.79 Å². The summed E-state index contributed by atoms with van der Waals surface area (Å²) in [6, 6.07) is 4.98. The molecule has 0 radical (unpaired) electrons. The van der Waals surface area contributed by atoms with Crippen LogP contribution < -0.4 is 15.4 Å². The van der Waals surface area contributed by atoms with Crippen LogP contribution in [0.4, 0.5) is 23.7 Å². The number of amides is 2. The van der Waals surface area contributed by atoms with E-state index in [2.05, 4.69) is 15.4 Å². The molecule has 0 aromatic heterocycles. The third-order valence-corrected chi connectivity index (χ3v) is 2.27. The molecule has 1 aromatic carbocycles. The van der Waals surface area contributed by atoms with E-state index in [4.69, 9.17) is 0 Å². The Kier molecular flexibility index (Phi) is 3.31. The molecule has 98 valence electrons. The Morgan fingerprint density at radius 1 is 1.28 bits per heavy atom. The number of carbonyl (C=O) groups is 1. The lowest BCUT2D eigenvalue weighted by Crippen LogP contribution is -2.30. The van der Waals surface area contributed by atoms with Crippen molar-refractivity contribution in [2.24, 2.45) is 0 Å². The van der Waals surface area contributed by atoms with Crippen LogP contribution in [-0.2, 0) is 0 Å². The van der Waals surface area contributed by atoms with Crippen molar-refractivity contribution in [1.82, 2.24) is 5.32 Å². The molecule has 0 atom stereocenters. The fraction of sp³-hybridized carbons (Fsp3) is 0.364. The number of para-hydroxylation sites is 2. The smallest absolute Gasteiger partial charge is 0.404 e. The fourth-order valence-electron chi connectivity index (χ4n) is 1.36. The van der Waals surface area contributed by atoms with Crippen molar-refractivity contribution in [2.75, 3.05) is 5.32 Å². The highest BCUT2D eigenvalue weighted by Gasteiger charge is 2.32. The monoisotopic (exact) mass is 260 g/mol. The first-order valence-corrected chi connectivity index (χ1v) is 5.36. The van der Waals surface area contributed by atoms with Gasteiger partial charge >= 0.3 is 12.4 Å². The number of hydrogen-bond donors (Lipinski definition) is 2. The Labute approximate surface area is 101 Å². The SMILES string of the molecule is O=C(Nc1ccccc1OC(F)(F)F)NC1CC1. The average molecular weight is 260 g/mol. The van der Waals surface area contributed by atoms with E-state index in [9.17, 15) is 18.0 Å². The lowest BCUT2D eigenvalue weighted by molar-refractivity contribution is -0.274. The van der Waals surface area contributed by atoms with Gasteiger partial charge in [0.15, 0.2) is 5.75 Å². The van der Waals surface area contributed by atoms with Crippen LogP contribution in [0.2, 0.25) is 0 Å². The first kappa shape index (κ1) is 12.5. The van der Waals surface area contributed by atoms with Gasteiger partial charge in [-0.05, 0) is 25.0 Å². The molecular weight excluding hydrogens is 249 g/mol. The highest BCUT2D eigenvalue weighted by atomic mass is 19.4. The average Bonchev–Trinajstić information content (AvgIpc) is 3.02. The number of hydrogen-bond acceptors (Lipinski definition) is 2. The summed E-state index contributed by atoms with van der Waals surface area (Å²) >= 11 is 0. The third kappa shape index (κ3) is 3.83. The lowest BCUT2D eigenvalue weighted by atomic mass is 10.3. The summed E-state index contributed by atoms with van der Waals surface area (Å²) in [6.45, 7) is 0. The number of halogens is 3. The third-order valence-electron chi connectivity index (χ3n) is 2.27. The number of urea groups is 1. The molecule has 1 aromatic rings. The van der Waals surface area contributed by atoms with Gasteiger partial charge in [-0.1, -0.05) is 12.1 Å². The van der Waals surface area contributed by atoms with Gasteiger partial charge in [0.1, 0.15) is 0 Å². The van der Waals surface area contributed by atoms with Gasteiger partial charge in [-0.15, -0.1) is 13.2 Å². The molecule has 1 saturated carbocycles. The van der Waals surface area contributed by atoms with Crippen LogP contribution in [-0.4, -0.2) is 18.4 Å². The van der Waals surface area contributed by atoms with Gasteiger partial charge in [0.25, 0.3) is 0 Å². The zero-order valence-electron chi connectivity index (χ0n) is 9.25. The minimum atomic E-state index is -4.79. The van der Waals surface area contributed by atoms with Crippen LogP contribution in [0, 0.1) is 0 Å². The van der Waals surface area contributed by atoms with Gasteiger partial charge in [0.05, 0.1) is 5.69 Å². The standard InChI is InChI=1S/C11H11F3N2O2/c12-11(13,14)18-9-4-2-1-3-8(9)16-10(17)15-7-5-6-7/h1-4,7H,5-6H2,(H2,15,16,17). The molecule has 0 unspecified atom stereocenters. The molecule has 2 amide bonds. The van der Waals surface area contributed by atoms with Crippen molar-refractivity contribution in [3.63, 3.8) is 0 Å². The van der Waals surface area contributed by atoms with E-state index in [0.717, 1.165) is 18.9 Å². The molecule has 4 nitrogen and oxygen atoms in total. The normalized spacial score (nSPS) is 15.1. The van der Waals surface area contributed by atoms with Crippen molar-refractivity contribution in [2.45, 2.75) is 25.2 Å². The fourth-order valence-corrected chi connectivity index (χ4v) is 1.36. The van der Waals surface area contributed by atoms with Gasteiger partial charge in [0.2, 0.25) is 0 Å². The van der Waals surface area contributed by atoms with E-state index in [1.165, 1.54) is 18.2 Å². The number of carbonyl (C=O) groups excluding carboxylic acids is 1. The van der Waals surface area contributed by atoms with Gasteiger partial charge in [0, 0.05) is 6.04 Å². The summed E-state index contributed by atoms with van der Waals surface area (Å²) in [4.78, 5) is 11.4. The Bertz CT molecular complexity index is 444. The quantitative estimate of drug-likeness (QED) is 0.878. The zero-order valence-corrected chi connectivity index (χ0v) is 9.25. The van der Waals surface area contributed by atoms with E-state index in [1.54, 1.807) is 0 Å². The van der Waals surface area contributed by atoms with Crippen molar-refractivity contribution < 1.29 is 22.7 Å². The Balaban J connectivity index is 2.04. The predicted molar refractivity (Wildman–Crippen MR) is 58.3 cm³/mol. The number of alkyl halides is 3. The van der Waals surface area contributed by atoms with Crippen molar-refractivity contribution >= 4 is 11.7 Å². The molecular formula is C11H11F3N2O2. The molecule has 0 saturated heterocycles. The second kappa shape index (κ2) is 4.75. The van der Waals surface area contributed by atoms with E-state index >= 15 is 0 Å². The van der Waals surface area contributed by atoms with Gasteiger partial charge in [-0.2, -0.15) is 0 Å². The summed E-state index contributed by atoms with van der Waals surface area (Å²) in [5.41, 5.74) is -0.0204. The summed E-state index contributed by atoms with van der Waals surface area (Å²) < 4.78 is 40.2. The summed E-state index contributed by atoms with van der Waals surface area (Å²) in [7, 11) is 0. The van der Waals surface area contributed by atoms with Gasteiger partial charge in [-0.3, -0.25) is 0 Å². The van der Waals surface area contributed by atoms with Crippen LogP contribution in [0.15, 0.2) is 24.3 Å². The second-order valence-electron chi connectivity index (χ2n) is 3.92. The molecule has 1 fully saturated rings. The van der Waals surface area contributed by atoms with E-state index in [0.29, 0.717) is 0 Å². The minimum Gasteiger partial charge on any atom is -0.404 e. The molecule has 2 rings (SSSR count). The van der Waals surface area contributed by atoms with E-state index < -0.39 is 18.1 Å². The molecule has 0 aliphatic heterocycles. The summed E-state index contributed by atoms with van der Waals surface area (Å²) in [5, 5.41) is 4.93. The number of nitrogens with one attached hydrogen (secondary N) is 2. The number of ether oxygens (including phenoxy) is 1. The van der Waals surface area contributed by atoms with Crippen molar-refractivity contribution in [3.05, 3.63) is 24.3 Å². The number of anilines is 1. The summed E-state index contributed by atoms with van der Waals surface area (Å²) in [6.07, 6.45) is -2.99. The van der Waals surface area contributed by atoms with Crippen LogP contribution in [0.3, 0.4) is 0 Å². The van der Waals surface area contributed by atoms with E-state index in [1.807, 2.05) is 0 Å². The second-order valence-corrected chi connectivity index (χ2v) is 3.92. The van der Waals surface area contributed by atoms with Crippen molar-refractivity contribution in [1.29, 1.82) is 0 Å². The van der Waals surface area contributed by atoms with Crippen LogP contribution >= 0.6 is 0 Å². The highest BCUT2D eigenvalue weighted by molar-refractivity contribution is 5.91. The van der Waals surface area contributed by atoms with Gasteiger partial charge < -0.3 is 15.4 Å². The lowest BCUT2D eigenvalue weighted by Gasteiger charge is -2.14.